The van der Waals surface area contributed by atoms with Gasteiger partial charge in [0.25, 0.3) is 0 Å². The highest BCUT2D eigenvalue weighted by atomic mass is 35.5. The Morgan fingerprint density at radius 1 is 1.54 bits per heavy atom. The van der Waals surface area contributed by atoms with E-state index in [1.165, 1.54) is 0 Å². The van der Waals surface area contributed by atoms with E-state index in [4.69, 9.17) is 18.0 Å². The molecule has 0 atom stereocenters. The van der Waals surface area contributed by atoms with E-state index in [0.717, 1.165) is 25.7 Å². The molecule has 0 aromatic rings. The van der Waals surface area contributed by atoms with E-state index in [-0.39, 0.29) is 11.2 Å². The van der Waals surface area contributed by atoms with Crippen LogP contribution >= 0.6 is 11.6 Å². The smallest absolute Gasteiger partial charge is 0.211 e. The number of allylic oxidation sites excluding steroid dienone is 1. The van der Waals surface area contributed by atoms with Crippen molar-refractivity contribution in [2.24, 2.45) is 5.41 Å². The molecule has 2 heteroatoms. The van der Waals surface area contributed by atoms with Crippen LogP contribution in [0, 0.1) is 17.8 Å². The Morgan fingerprint density at radius 2 is 2.08 bits per heavy atom. The van der Waals surface area contributed by atoms with Crippen LogP contribution < -0.4 is 0 Å². The topological polar surface area (TPSA) is 17.1 Å². The number of ketones is 1. The Labute approximate surface area is 84.2 Å². The third kappa shape index (κ3) is 2.14. The van der Waals surface area contributed by atoms with Crippen LogP contribution in [-0.2, 0) is 4.79 Å². The van der Waals surface area contributed by atoms with Crippen LogP contribution in [0.4, 0.5) is 0 Å². The summed E-state index contributed by atoms with van der Waals surface area (Å²) in [7, 11) is 0. The lowest BCUT2D eigenvalue weighted by molar-refractivity contribution is -0.122. The normalized spacial score (nSPS) is 19.4. The second kappa shape index (κ2) is 3.98. The first-order chi connectivity index (χ1) is 6.10. The van der Waals surface area contributed by atoms with Gasteiger partial charge < -0.3 is 0 Å². The highest BCUT2D eigenvalue weighted by Crippen LogP contribution is 2.44. The fraction of sp³-hybridized carbons (Fsp3) is 0.545. The number of hydrogen-bond donors (Lipinski definition) is 0. The van der Waals surface area contributed by atoms with Gasteiger partial charge in [-0.2, -0.15) is 0 Å². The van der Waals surface area contributed by atoms with E-state index in [1.54, 1.807) is 0 Å². The summed E-state index contributed by atoms with van der Waals surface area (Å²) < 4.78 is 0. The SMILES string of the molecule is C#CC(=O)C1(CC(=C)Cl)CCCC1. The number of rotatable bonds is 3. The summed E-state index contributed by atoms with van der Waals surface area (Å²) >= 11 is 5.73. The van der Waals surface area contributed by atoms with Gasteiger partial charge in [0.15, 0.2) is 0 Å². The van der Waals surface area contributed by atoms with Gasteiger partial charge in [-0.3, -0.25) is 4.79 Å². The van der Waals surface area contributed by atoms with E-state index in [1.807, 2.05) is 0 Å². The maximum Gasteiger partial charge on any atom is 0.211 e. The van der Waals surface area contributed by atoms with Gasteiger partial charge in [-0.05, 0) is 25.2 Å². The Balaban J connectivity index is 2.82. The third-order valence-corrected chi connectivity index (χ3v) is 2.84. The molecule has 1 rings (SSSR count). The Bertz CT molecular complexity index is 266. The number of halogens is 1. The van der Waals surface area contributed by atoms with Gasteiger partial charge in [-0.1, -0.05) is 31.0 Å². The molecule has 0 amide bonds. The summed E-state index contributed by atoms with van der Waals surface area (Å²) in [6, 6.07) is 0. The minimum absolute atomic E-state index is 0.105. The highest BCUT2D eigenvalue weighted by molar-refractivity contribution is 6.29. The average Bonchev–Trinajstić information content (AvgIpc) is 2.51. The summed E-state index contributed by atoms with van der Waals surface area (Å²) in [6.07, 6.45) is 9.54. The van der Waals surface area contributed by atoms with Gasteiger partial charge in [0.2, 0.25) is 5.78 Å². The van der Waals surface area contributed by atoms with Crippen molar-refractivity contribution in [1.29, 1.82) is 0 Å². The van der Waals surface area contributed by atoms with E-state index >= 15 is 0 Å². The zero-order valence-corrected chi connectivity index (χ0v) is 8.36. The fourth-order valence-electron chi connectivity index (χ4n) is 2.06. The van der Waals surface area contributed by atoms with Crippen LogP contribution in [0.3, 0.4) is 0 Å². The maximum atomic E-state index is 11.5. The molecule has 0 aromatic heterocycles. The van der Waals surface area contributed by atoms with Crippen LogP contribution in [0.15, 0.2) is 11.6 Å². The first-order valence-corrected chi connectivity index (χ1v) is 4.83. The van der Waals surface area contributed by atoms with Crippen molar-refractivity contribution >= 4 is 17.4 Å². The van der Waals surface area contributed by atoms with Gasteiger partial charge in [0, 0.05) is 10.4 Å². The van der Waals surface area contributed by atoms with Gasteiger partial charge in [0.05, 0.1) is 0 Å². The summed E-state index contributed by atoms with van der Waals surface area (Å²) in [4.78, 5) is 11.5. The van der Waals surface area contributed by atoms with Crippen molar-refractivity contribution in [3.8, 4) is 12.3 Å². The third-order valence-electron chi connectivity index (χ3n) is 2.70. The van der Waals surface area contributed by atoms with Crippen LogP contribution in [0.5, 0.6) is 0 Å². The Kier molecular flexibility index (Phi) is 3.17. The molecule has 0 radical (unpaired) electrons. The molecule has 0 aromatic carbocycles. The summed E-state index contributed by atoms with van der Waals surface area (Å²) in [5.41, 5.74) is -0.381. The van der Waals surface area contributed by atoms with Crippen molar-refractivity contribution in [2.45, 2.75) is 32.1 Å². The first-order valence-electron chi connectivity index (χ1n) is 4.45. The lowest BCUT2D eigenvalue weighted by Gasteiger charge is -2.23. The van der Waals surface area contributed by atoms with Crippen molar-refractivity contribution in [1.82, 2.24) is 0 Å². The lowest BCUT2D eigenvalue weighted by Crippen LogP contribution is -2.26. The van der Waals surface area contributed by atoms with E-state index < -0.39 is 0 Å². The molecule has 0 unspecified atom stereocenters. The van der Waals surface area contributed by atoms with Crippen LogP contribution in [-0.4, -0.2) is 5.78 Å². The molecule has 1 aliphatic carbocycles. The molecular weight excluding hydrogens is 184 g/mol. The number of hydrogen-bond acceptors (Lipinski definition) is 1. The van der Waals surface area contributed by atoms with Crippen LogP contribution in [0.2, 0.25) is 0 Å². The summed E-state index contributed by atoms with van der Waals surface area (Å²) in [5.74, 6) is 2.11. The van der Waals surface area contributed by atoms with Gasteiger partial charge in [-0.15, -0.1) is 6.42 Å². The molecule has 0 bridgehead atoms. The minimum atomic E-state index is -0.381. The van der Waals surface area contributed by atoms with Crippen molar-refractivity contribution in [3.05, 3.63) is 11.6 Å². The quantitative estimate of drug-likeness (QED) is 0.501. The number of carbonyl (C=O) groups is 1. The molecule has 1 nitrogen and oxygen atoms in total. The number of terminal acetylenes is 1. The molecule has 0 aliphatic heterocycles. The number of carbonyl (C=O) groups excluding carboxylic acids is 1. The Hall–Kier alpha value is -0.740. The molecule has 1 aliphatic rings. The minimum Gasteiger partial charge on any atom is -0.284 e. The Morgan fingerprint density at radius 3 is 2.46 bits per heavy atom. The monoisotopic (exact) mass is 196 g/mol. The molecule has 70 valence electrons. The number of Topliss-reactive ketones (excluding diaryl/α,β-unsaturated/α-hetero) is 1. The molecule has 0 heterocycles. The van der Waals surface area contributed by atoms with Gasteiger partial charge in [-0.25, -0.2) is 0 Å². The summed E-state index contributed by atoms with van der Waals surface area (Å²) in [6.45, 7) is 3.62. The lowest BCUT2D eigenvalue weighted by atomic mass is 9.79. The average molecular weight is 197 g/mol. The van der Waals surface area contributed by atoms with Gasteiger partial charge >= 0.3 is 0 Å². The molecule has 1 fully saturated rings. The fourth-order valence-corrected chi connectivity index (χ4v) is 2.31. The predicted octanol–water partition coefficient (Wildman–Crippen LogP) is 2.89. The zero-order valence-electron chi connectivity index (χ0n) is 7.61. The van der Waals surface area contributed by atoms with Crippen LogP contribution in [0.25, 0.3) is 0 Å². The molecule has 0 N–H and O–H groups in total. The molecule has 1 saturated carbocycles. The van der Waals surface area contributed by atoms with E-state index in [0.29, 0.717) is 11.5 Å². The summed E-state index contributed by atoms with van der Waals surface area (Å²) in [5, 5.41) is 0.533. The van der Waals surface area contributed by atoms with Gasteiger partial charge in [0.1, 0.15) is 0 Å². The molecule has 0 spiro atoms. The van der Waals surface area contributed by atoms with E-state index in [2.05, 4.69) is 12.5 Å². The zero-order chi connectivity index (χ0) is 9.90. The van der Waals surface area contributed by atoms with Crippen molar-refractivity contribution < 1.29 is 4.79 Å². The van der Waals surface area contributed by atoms with Crippen LogP contribution in [0.1, 0.15) is 32.1 Å². The second-order valence-electron chi connectivity index (χ2n) is 3.65. The second-order valence-corrected chi connectivity index (χ2v) is 4.19. The standard InChI is InChI=1S/C11H13ClO/c1-3-10(13)11(8-9(2)12)6-4-5-7-11/h1H,2,4-8H2. The first kappa shape index (κ1) is 10.3. The largest absolute Gasteiger partial charge is 0.284 e. The molecular formula is C11H13ClO. The molecule has 0 saturated heterocycles. The maximum absolute atomic E-state index is 11.5. The molecule has 13 heavy (non-hydrogen) atoms. The van der Waals surface area contributed by atoms with Crippen molar-refractivity contribution in [2.75, 3.05) is 0 Å². The highest BCUT2D eigenvalue weighted by Gasteiger charge is 2.40. The van der Waals surface area contributed by atoms with E-state index in [9.17, 15) is 4.79 Å². The predicted molar refractivity (Wildman–Crippen MR) is 54.4 cm³/mol. The van der Waals surface area contributed by atoms with Crippen molar-refractivity contribution in [3.63, 3.8) is 0 Å².